The van der Waals surface area contributed by atoms with Crippen LogP contribution in [0.2, 0.25) is 7.94 Å². The van der Waals surface area contributed by atoms with E-state index in [1.54, 1.807) is 0 Å². The third-order valence-electron chi connectivity index (χ3n) is 4.11. The number of hydrogen-bond acceptors (Lipinski definition) is 1. The SMILES string of the molecule is CC[C](C)([Ti+2]([NH2])[CH]1C=CC=C1)C(C)(C)C.[Cl-].[Cl-]. The van der Waals surface area contributed by atoms with E-state index in [9.17, 15) is 0 Å². The topological polar surface area (TPSA) is 26.0 Å². The van der Waals surface area contributed by atoms with Crippen molar-refractivity contribution in [3.8, 4) is 0 Å². The van der Waals surface area contributed by atoms with E-state index in [4.69, 9.17) is 4.22 Å². The number of hydrogen-bond donors (Lipinski definition) is 1. The molecule has 1 atom stereocenters. The van der Waals surface area contributed by atoms with E-state index in [-0.39, 0.29) is 24.8 Å². The van der Waals surface area contributed by atoms with E-state index < -0.39 is 18.1 Å². The Morgan fingerprint density at radius 2 is 1.47 bits per heavy atom. The molecule has 2 N–H and O–H groups in total. The smallest absolute Gasteiger partial charge is 1.00 e. The summed E-state index contributed by atoms with van der Waals surface area (Å²) in [6.07, 6.45) is 10.1. The van der Waals surface area contributed by atoms with Crippen molar-refractivity contribution in [2.75, 3.05) is 0 Å². The van der Waals surface area contributed by atoms with Crippen molar-refractivity contribution in [1.29, 1.82) is 0 Å². The van der Waals surface area contributed by atoms with E-state index in [1.807, 2.05) is 0 Å². The zero-order valence-corrected chi connectivity index (χ0v) is 14.5. The van der Waals surface area contributed by atoms with Crippen LogP contribution in [0.5, 0.6) is 0 Å². The molecule has 17 heavy (non-hydrogen) atoms. The van der Waals surface area contributed by atoms with E-state index in [2.05, 4.69) is 58.9 Å². The average molecular weight is 313 g/mol. The summed E-state index contributed by atoms with van der Waals surface area (Å²) in [5.74, 6) is 0. The summed E-state index contributed by atoms with van der Waals surface area (Å²) in [5, 5.41) is 0. The summed E-state index contributed by atoms with van der Waals surface area (Å²) in [7, 11) is 0. The minimum absolute atomic E-state index is 0. The first kappa shape index (κ1) is 20.1. The van der Waals surface area contributed by atoms with Crippen molar-refractivity contribution in [3.05, 3.63) is 24.3 Å². The van der Waals surface area contributed by atoms with Crippen molar-refractivity contribution in [2.24, 2.45) is 9.63 Å². The van der Waals surface area contributed by atoms with Crippen LogP contribution in [0.25, 0.3) is 0 Å². The summed E-state index contributed by atoms with van der Waals surface area (Å²) >= 11 is -1.58. The molecule has 0 amide bonds. The second kappa shape index (κ2) is 7.35. The van der Waals surface area contributed by atoms with Gasteiger partial charge in [0, 0.05) is 0 Å². The third kappa shape index (κ3) is 4.11. The Morgan fingerprint density at radius 3 is 1.76 bits per heavy atom. The molecule has 0 saturated carbocycles. The molecule has 99 valence electrons. The summed E-state index contributed by atoms with van der Waals surface area (Å²) < 4.78 is 7.54. The van der Waals surface area contributed by atoms with Gasteiger partial charge in [0.1, 0.15) is 0 Å². The van der Waals surface area contributed by atoms with Gasteiger partial charge in [-0.05, 0) is 0 Å². The standard InChI is InChI=1S/C8H17.C5H5.2ClH.H2N.Ti/c1-6-7(2)8(3,4)5;1-2-4-5-3-1;;;;/h6H2,1-5H3;1-5H;2*1H;1H2;/q;;;;-1;+3/p-2. The maximum atomic E-state index is 6.62. The minimum atomic E-state index is -1.58. The van der Waals surface area contributed by atoms with Gasteiger partial charge in [0.25, 0.3) is 0 Å². The quantitative estimate of drug-likeness (QED) is 0.602. The maximum Gasteiger partial charge on any atom is -1.00 e. The van der Waals surface area contributed by atoms with Crippen molar-refractivity contribution in [2.45, 2.75) is 49.0 Å². The van der Waals surface area contributed by atoms with Crippen LogP contribution in [0.4, 0.5) is 0 Å². The second-order valence-corrected chi connectivity index (χ2v) is 9.87. The molecule has 1 nitrogen and oxygen atoms in total. The first-order valence-corrected chi connectivity index (χ1v) is 8.39. The molecule has 0 fully saturated rings. The average Bonchev–Trinajstić information content (AvgIpc) is 2.66. The van der Waals surface area contributed by atoms with Gasteiger partial charge in [-0.25, -0.2) is 0 Å². The van der Waals surface area contributed by atoms with Gasteiger partial charge in [0.2, 0.25) is 0 Å². The summed E-state index contributed by atoms with van der Waals surface area (Å²) in [4.78, 5) is 0. The van der Waals surface area contributed by atoms with Crippen LogP contribution in [0.15, 0.2) is 24.3 Å². The fourth-order valence-electron chi connectivity index (χ4n) is 2.17. The van der Waals surface area contributed by atoms with Crippen LogP contribution < -0.4 is 29.0 Å². The van der Waals surface area contributed by atoms with Crippen molar-refractivity contribution in [1.82, 2.24) is 0 Å². The zero-order chi connectivity index (χ0) is 11.7. The Bertz CT molecular complexity index is 272. The molecule has 0 aromatic carbocycles. The number of allylic oxidation sites excluding steroid dienone is 4. The van der Waals surface area contributed by atoms with Gasteiger partial charge in [0.15, 0.2) is 0 Å². The first-order chi connectivity index (χ1) is 6.83. The van der Waals surface area contributed by atoms with E-state index in [0.29, 0.717) is 13.4 Å². The molecule has 0 spiro atoms. The molecule has 1 aliphatic carbocycles. The second-order valence-electron chi connectivity index (χ2n) is 5.69. The third-order valence-corrected chi connectivity index (χ3v) is 9.54. The van der Waals surface area contributed by atoms with Crippen LogP contribution in [0.3, 0.4) is 0 Å². The van der Waals surface area contributed by atoms with Gasteiger partial charge in [0.05, 0.1) is 0 Å². The number of rotatable bonds is 3. The molecule has 0 aromatic heterocycles. The maximum absolute atomic E-state index is 6.62. The van der Waals surface area contributed by atoms with E-state index in [0.717, 1.165) is 0 Å². The Labute approximate surface area is 125 Å². The van der Waals surface area contributed by atoms with Crippen molar-refractivity contribution < 1.29 is 42.9 Å². The van der Waals surface area contributed by atoms with Crippen molar-refractivity contribution >= 4 is 0 Å². The molecular formula is C13H24Cl2NTi. The van der Waals surface area contributed by atoms with Crippen LogP contribution in [-0.2, 0) is 18.1 Å². The van der Waals surface area contributed by atoms with Gasteiger partial charge in [-0.15, -0.1) is 0 Å². The Balaban J connectivity index is 0. The van der Waals surface area contributed by atoms with Crippen LogP contribution in [-0.4, -0.2) is 0 Å². The van der Waals surface area contributed by atoms with Gasteiger partial charge in [-0.1, -0.05) is 0 Å². The van der Waals surface area contributed by atoms with Gasteiger partial charge < -0.3 is 24.8 Å². The van der Waals surface area contributed by atoms with E-state index >= 15 is 0 Å². The fourth-order valence-corrected chi connectivity index (χ4v) is 6.31. The minimum Gasteiger partial charge on any atom is -1.00 e. The Hall–Kier alpha value is 0.734. The van der Waals surface area contributed by atoms with Gasteiger partial charge in [-0.3, -0.25) is 0 Å². The molecule has 0 aromatic rings. The molecule has 1 unspecified atom stereocenters. The molecular weight excluding hydrogens is 289 g/mol. The first-order valence-electron chi connectivity index (χ1n) is 5.80. The van der Waals surface area contributed by atoms with Crippen LogP contribution in [0, 0.1) is 5.41 Å². The molecule has 0 heterocycles. The Morgan fingerprint density at radius 1 is 1.06 bits per heavy atom. The largest absolute Gasteiger partial charge is 1.00 e. The van der Waals surface area contributed by atoms with E-state index in [1.165, 1.54) is 6.42 Å². The zero-order valence-electron chi connectivity index (χ0n) is 11.4. The van der Waals surface area contributed by atoms with Gasteiger partial charge >= 0.3 is 101 Å². The molecule has 1 aliphatic rings. The predicted octanol–water partition coefficient (Wildman–Crippen LogP) is -1.96. The summed E-state index contributed by atoms with van der Waals surface area (Å²) in [5.41, 5.74) is 0.316. The normalized spacial score (nSPS) is 18.2. The Kier molecular flexibility index (Phi) is 8.68. The molecule has 0 bridgehead atoms. The van der Waals surface area contributed by atoms with Gasteiger partial charge in [-0.2, -0.15) is 0 Å². The number of nitrogens with two attached hydrogens (primary N) is 1. The van der Waals surface area contributed by atoms with Crippen LogP contribution >= 0.6 is 0 Å². The summed E-state index contributed by atoms with van der Waals surface area (Å²) in [6.45, 7) is 11.7. The molecule has 4 heteroatoms. The molecule has 1 rings (SSSR count). The fraction of sp³-hybridized carbons (Fsp3) is 0.692. The number of halogens is 2. The van der Waals surface area contributed by atoms with Crippen molar-refractivity contribution in [3.63, 3.8) is 0 Å². The monoisotopic (exact) mass is 312 g/mol. The molecule has 0 aliphatic heterocycles. The summed E-state index contributed by atoms with van der Waals surface area (Å²) in [6, 6.07) is 0. The predicted molar refractivity (Wildman–Crippen MR) is 64.3 cm³/mol. The molecule has 0 saturated heterocycles. The van der Waals surface area contributed by atoms with Crippen LogP contribution in [0.1, 0.15) is 41.0 Å². The molecule has 0 radical (unpaired) electrons.